The van der Waals surface area contributed by atoms with E-state index in [0.29, 0.717) is 0 Å². The van der Waals surface area contributed by atoms with Crippen LogP contribution in [0.25, 0.3) is 0 Å². The van der Waals surface area contributed by atoms with Gasteiger partial charge in [-0.3, -0.25) is 0 Å². The highest BCUT2D eigenvalue weighted by Crippen LogP contribution is 2.18. The maximum absolute atomic E-state index is 9.77. The molecule has 0 aliphatic rings. The first-order valence-electron chi connectivity index (χ1n) is 7.31. The first-order chi connectivity index (χ1) is 11.0. The van der Waals surface area contributed by atoms with Gasteiger partial charge in [0.15, 0.2) is 12.2 Å². The van der Waals surface area contributed by atoms with Crippen molar-refractivity contribution in [2.24, 2.45) is 5.73 Å². The lowest BCUT2D eigenvalue weighted by Crippen LogP contribution is -2.39. The lowest BCUT2D eigenvalue weighted by Gasteiger charge is -2.15. The van der Waals surface area contributed by atoms with Crippen LogP contribution in [0.3, 0.4) is 0 Å². The summed E-state index contributed by atoms with van der Waals surface area (Å²) in [6.45, 7) is 4.18. The number of nitrogens with zero attached hydrogens (tertiary/aromatic N) is 1. The van der Waals surface area contributed by atoms with E-state index in [4.69, 9.17) is 26.2 Å². The Morgan fingerprint density at radius 3 is 1.88 bits per heavy atom. The van der Waals surface area contributed by atoms with Gasteiger partial charge < -0.3 is 31.1 Å². The summed E-state index contributed by atoms with van der Waals surface area (Å²) in [5, 5.41) is 32.5. The zero-order chi connectivity index (χ0) is 19.0. The van der Waals surface area contributed by atoms with Crippen molar-refractivity contribution in [3.63, 3.8) is 0 Å². The topological polar surface area (TPSA) is 144 Å². The minimum Gasteiger partial charge on any atom is -0.479 e. The van der Waals surface area contributed by atoms with Crippen molar-refractivity contribution in [1.82, 2.24) is 0 Å². The van der Waals surface area contributed by atoms with Crippen molar-refractivity contribution < 1.29 is 30.0 Å². The molecular weight excluding hydrogens is 316 g/mol. The Bertz CT molecular complexity index is 541. The van der Waals surface area contributed by atoms with E-state index in [0.717, 1.165) is 6.42 Å². The number of carbonyl (C=O) groups is 2. The number of carboxylic acid groups (broad SMARTS) is 2. The molecule has 0 radical (unpaired) electrons. The molecule has 0 spiro atoms. The van der Waals surface area contributed by atoms with Crippen LogP contribution in [0.1, 0.15) is 18.1 Å². The molecule has 1 rings (SSSR count). The molecule has 3 atom stereocenters. The average Bonchev–Trinajstić information content (AvgIpc) is 2.47. The van der Waals surface area contributed by atoms with Crippen molar-refractivity contribution in [3.8, 4) is 0 Å². The molecule has 0 saturated carbocycles. The number of benzene rings is 1. The minimum absolute atomic E-state index is 0.235. The molecule has 0 aliphatic heterocycles. The number of anilines is 1. The van der Waals surface area contributed by atoms with E-state index in [2.05, 4.69) is 44.1 Å². The molecule has 8 heteroatoms. The highest BCUT2D eigenvalue weighted by molar-refractivity contribution is 5.83. The second kappa shape index (κ2) is 9.86. The molecule has 1 aromatic carbocycles. The number of aliphatic hydroxyl groups is 2. The molecule has 0 heterocycles. The molecule has 0 aliphatic carbocycles. The van der Waals surface area contributed by atoms with Gasteiger partial charge in [-0.15, -0.1) is 0 Å². The lowest BCUT2D eigenvalue weighted by atomic mass is 10.0. The fourth-order valence-corrected chi connectivity index (χ4v) is 1.80. The van der Waals surface area contributed by atoms with Crippen LogP contribution in [0.2, 0.25) is 0 Å². The fraction of sp³-hybridized carbons (Fsp3) is 0.500. The van der Waals surface area contributed by atoms with Crippen LogP contribution < -0.4 is 10.6 Å². The van der Waals surface area contributed by atoms with Crippen molar-refractivity contribution in [3.05, 3.63) is 29.3 Å². The highest BCUT2D eigenvalue weighted by Gasteiger charge is 2.29. The summed E-state index contributed by atoms with van der Waals surface area (Å²) in [6, 6.07) is 6.76. The third kappa shape index (κ3) is 7.40. The molecule has 136 valence electrons. The summed E-state index contributed by atoms with van der Waals surface area (Å²) < 4.78 is 0. The van der Waals surface area contributed by atoms with Crippen LogP contribution in [0.5, 0.6) is 0 Å². The molecule has 0 bridgehead atoms. The van der Waals surface area contributed by atoms with Crippen molar-refractivity contribution in [2.75, 3.05) is 19.0 Å². The Hall–Kier alpha value is -2.16. The van der Waals surface area contributed by atoms with E-state index in [1.54, 1.807) is 0 Å². The monoisotopic (exact) mass is 342 g/mol. The van der Waals surface area contributed by atoms with Crippen molar-refractivity contribution in [2.45, 2.75) is 38.5 Å². The second-order valence-electron chi connectivity index (χ2n) is 5.75. The summed E-state index contributed by atoms with van der Waals surface area (Å²) in [6.07, 6.45) is -3.57. The Kier molecular flexibility index (Phi) is 8.97. The number of nitrogens with two attached hydrogens (primary N) is 1. The number of hydrogen-bond acceptors (Lipinski definition) is 6. The Balaban J connectivity index is 0.000000470. The molecule has 0 fully saturated rings. The number of carboxylic acids is 2. The third-order valence-corrected chi connectivity index (χ3v) is 3.19. The zero-order valence-corrected chi connectivity index (χ0v) is 14.3. The summed E-state index contributed by atoms with van der Waals surface area (Å²) in [5.41, 5.74) is 9.71. The minimum atomic E-state index is -2.27. The van der Waals surface area contributed by atoms with Gasteiger partial charge in [-0.2, -0.15) is 0 Å². The number of aliphatic hydroxyl groups excluding tert-OH is 2. The van der Waals surface area contributed by atoms with Gasteiger partial charge in [0, 0.05) is 25.8 Å². The maximum Gasteiger partial charge on any atom is 0.335 e. The van der Waals surface area contributed by atoms with Crippen LogP contribution in [-0.2, 0) is 16.0 Å². The van der Waals surface area contributed by atoms with Gasteiger partial charge in [0.2, 0.25) is 0 Å². The van der Waals surface area contributed by atoms with Gasteiger partial charge in [-0.1, -0.05) is 6.07 Å². The van der Waals surface area contributed by atoms with Gasteiger partial charge in [-0.05, 0) is 43.5 Å². The van der Waals surface area contributed by atoms with Gasteiger partial charge in [0.05, 0.1) is 0 Å². The summed E-state index contributed by atoms with van der Waals surface area (Å²) in [5.74, 6) is -3.54. The second-order valence-corrected chi connectivity index (χ2v) is 5.75. The number of aryl methyl sites for hydroxylation is 1. The molecule has 0 aromatic heterocycles. The average molecular weight is 342 g/mol. The van der Waals surface area contributed by atoms with Crippen molar-refractivity contribution >= 4 is 17.6 Å². The Labute approximate surface area is 141 Å². The number of rotatable bonds is 6. The van der Waals surface area contributed by atoms with Gasteiger partial charge in [-0.25, -0.2) is 9.59 Å². The fourth-order valence-electron chi connectivity index (χ4n) is 1.80. The smallest absolute Gasteiger partial charge is 0.335 e. The first-order valence-corrected chi connectivity index (χ1v) is 7.31. The SMILES string of the molecule is Cc1cc(N(C)C)ccc1CC(C)N.O=C(O)C(O)C(O)C(=O)O. The summed E-state index contributed by atoms with van der Waals surface area (Å²) in [4.78, 5) is 21.7. The molecule has 0 saturated heterocycles. The first kappa shape index (κ1) is 21.8. The highest BCUT2D eigenvalue weighted by atomic mass is 16.4. The molecular formula is C16H26N2O6. The van der Waals surface area contributed by atoms with Crippen molar-refractivity contribution in [1.29, 1.82) is 0 Å². The van der Waals surface area contributed by atoms with E-state index in [-0.39, 0.29) is 6.04 Å². The lowest BCUT2D eigenvalue weighted by molar-refractivity contribution is -0.165. The third-order valence-electron chi connectivity index (χ3n) is 3.19. The van der Waals surface area contributed by atoms with Crippen LogP contribution in [0.4, 0.5) is 5.69 Å². The quantitative estimate of drug-likeness (QED) is 0.479. The normalized spacial score (nSPS) is 14.0. The van der Waals surface area contributed by atoms with Gasteiger partial charge in [0.25, 0.3) is 0 Å². The van der Waals surface area contributed by atoms with Crippen LogP contribution in [-0.4, -0.2) is 64.7 Å². The van der Waals surface area contributed by atoms with E-state index in [9.17, 15) is 9.59 Å². The van der Waals surface area contributed by atoms with Crippen LogP contribution >= 0.6 is 0 Å². The summed E-state index contributed by atoms with van der Waals surface area (Å²) in [7, 11) is 4.11. The summed E-state index contributed by atoms with van der Waals surface area (Å²) >= 11 is 0. The molecule has 3 unspecified atom stereocenters. The van der Waals surface area contributed by atoms with Crippen LogP contribution in [0, 0.1) is 6.92 Å². The van der Waals surface area contributed by atoms with Gasteiger partial charge in [0.1, 0.15) is 0 Å². The maximum atomic E-state index is 9.77. The molecule has 8 nitrogen and oxygen atoms in total. The molecule has 1 aromatic rings. The number of aliphatic carboxylic acids is 2. The standard InChI is InChI=1S/C12H20N2.C4H6O6/c1-9-7-12(14(3)4)6-5-11(9)8-10(2)13;5-1(3(7)8)2(6)4(9)10/h5-7,10H,8,13H2,1-4H3;1-2,5-6H,(H,7,8)(H,9,10). The molecule has 0 amide bonds. The predicted molar refractivity (Wildman–Crippen MR) is 90.1 cm³/mol. The van der Waals surface area contributed by atoms with E-state index in [1.807, 2.05) is 6.92 Å². The van der Waals surface area contributed by atoms with E-state index >= 15 is 0 Å². The van der Waals surface area contributed by atoms with E-state index < -0.39 is 24.1 Å². The van der Waals surface area contributed by atoms with E-state index in [1.165, 1.54) is 16.8 Å². The van der Waals surface area contributed by atoms with Gasteiger partial charge >= 0.3 is 11.9 Å². The largest absolute Gasteiger partial charge is 0.479 e. The molecule has 24 heavy (non-hydrogen) atoms. The Morgan fingerprint density at radius 2 is 1.58 bits per heavy atom. The predicted octanol–water partition coefficient (Wildman–Crippen LogP) is -0.172. The van der Waals surface area contributed by atoms with Crippen LogP contribution in [0.15, 0.2) is 18.2 Å². The number of hydrogen-bond donors (Lipinski definition) is 5. The molecule has 6 N–H and O–H groups in total. The Morgan fingerprint density at radius 1 is 1.12 bits per heavy atom. The zero-order valence-electron chi connectivity index (χ0n) is 14.3.